The van der Waals surface area contributed by atoms with E-state index in [9.17, 15) is 4.79 Å². The first kappa shape index (κ1) is 14.7. The van der Waals surface area contributed by atoms with Crippen LogP contribution in [0.1, 0.15) is 45.2 Å². The standard InChI is InChI=1S/C15H24N2O/c1-4-8-13(16)15(18)17-14(11(2)3)12-9-6-5-7-10-12/h5-7,9-11,13-14H,4,8,16H2,1-3H3,(H,17,18)/t13-,14?/m0/s1. The van der Waals surface area contributed by atoms with Gasteiger partial charge in [0.2, 0.25) is 5.91 Å². The number of nitrogens with one attached hydrogen (secondary N) is 1. The van der Waals surface area contributed by atoms with E-state index < -0.39 is 6.04 Å². The lowest BCUT2D eigenvalue weighted by molar-refractivity contribution is -0.123. The summed E-state index contributed by atoms with van der Waals surface area (Å²) in [6, 6.07) is 9.66. The van der Waals surface area contributed by atoms with Crippen LogP contribution >= 0.6 is 0 Å². The Balaban J connectivity index is 2.73. The molecule has 0 heterocycles. The molecule has 2 atom stereocenters. The van der Waals surface area contributed by atoms with Gasteiger partial charge in [0.15, 0.2) is 0 Å². The maximum absolute atomic E-state index is 12.0. The molecule has 0 saturated heterocycles. The number of hydrogen-bond donors (Lipinski definition) is 2. The summed E-state index contributed by atoms with van der Waals surface area (Å²) >= 11 is 0. The molecule has 0 saturated carbocycles. The average Bonchev–Trinajstić information content (AvgIpc) is 2.36. The van der Waals surface area contributed by atoms with Crippen molar-refractivity contribution >= 4 is 5.91 Å². The van der Waals surface area contributed by atoms with Crippen LogP contribution in [-0.2, 0) is 4.79 Å². The molecular weight excluding hydrogens is 224 g/mol. The summed E-state index contributed by atoms with van der Waals surface area (Å²) in [6.07, 6.45) is 1.65. The zero-order valence-electron chi connectivity index (χ0n) is 11.5. The molecule has 3 nitrogen and oxygen atoms in total. The zero-order valence-corrected chi connectivity index (χ0v) is 11.5. The molecule has 0 aromatic heterocycles. The third-order valence-electron chi connectivity index (χ3n) is 3.06. The van der Waals surface area contributed by atoms with Crippen LogP contribution in [0.3, 0.4) is 0 Å². The van der Waals surface area contributed by atoms with Crippen LogP contribution in [-0.4, -0.2) is 11.9 Å². The molecule has 0 aliphatic carbocycles. The largest absolute Gasteiger partial charge is 0.348 e. The molecule has 0 bridgehead atoms. The normalized spacial score (nSPS) is 14.3. The van der Waals surface area contributed by atoms with Crippen molar-refractivity contribution < 1.29 is 4.79 Å². The Bertz CT molecular complexity index is 362. The first-order valence-electron chi connectivity index (χ1n) is 6.67. The Morgan fingerprint density at radius 1 is 1.28 bits per heavy atom. The lowest BCUT2D eigenvalue weighted by atomic mass is 9.95. The molecule has 18 heavy (non-hydrogen) atoms. The van der Waals surface area contributed by atoms with Crippen LogP contribution in [0.5, 0.6) is 0 Å². The number of rotatable bonds is 6. The smallest absolute Gasteiger partial charge is 0.237 e. The van der Waals surface area contributed by atoms with Crippen molar-refractivity contribution in [1.29, 1.82) is 0 Å². The summed E-state index contributed by atoms with van der Waals surface area (Å²) in [6.45, 7) is 6.23. The SMILES string of the molecule is CCC[C@H](N)C(=O)NC(c1ccccc1)C(C)C. The van der Waals surface area contributed by atoms with Gasteiger partial charge in [0, 0.05) is 0 Å². The topological polar surface area (TPSA) is 55.1 Å². The Kier molecular flexibility index (Phi) is 5.86. The fourth-order valence-corrected chi connectivity index (χ4v) is 2.00. The van der Waals surface area contributed by atoms with E-state index in [1.54, 1.807) is 0 Å². The highest BCUT2D eigenvalue weighted by atomic mass is 16.2. The minimum Gasteiger partial charge on any atom is -0.348 e. The van der Waals surface area contributed by atoms with Crippen molar-refractivity contribution in [3.63, 3.8) is 0 Å². The number of carbonyl (C=O) groups excluding carboxylic acids is 1. The summed E-state index contributed by atoms with van der Waals surface area (Å²) < 4.78 is 0. The molecule has 100 valence electrons. The van der Waals surface area contributed by atoms with Gasteiger partial charge in [-0.3, -0.25) is 4.79 Å². The predicted octanol–water partition coefficient (Wildman–Crippen LogP) is 2.63. The van der Waals surface area contributed by atoms with Gasteiger partial charge in [-0.1, -0.05) is 57.5 Å². The van der Waals surface area contributed by atoms with E-state index in [0.29, 0.717) is 5.92 Å². The Morgan fingerprint density at radius 3 is 2.39 bits per heavy atom. The molecule has 1 rings (SSSR count). The minimum absolute atomic E-state index is 0.0293. The van der Waals surface area contributed by atoms with Crippen molar-refractivity contribution in [3.8, 4) is 0 Å². The Morgan fingerprint density at radius 2 is 1.89 bits per heavy atom. The summed E-state index contributed by atoms with van der Waals surface area (Å²) in [4.78, 5) is 12.0. The number of carbonyl (C=O) groups is 1. The van der Waals surface area contributed by atoms with Crippen molar-refractivity contribution in [2.24, 2.45) is 11.7 Å². The zero-order chi connectivity index (χ0) is 13.5. The second-order valence-electron chi connectivity index (χ2n) is 5.04. The first-order chi connectivity index (χ1) is 8.56. The van der Waals surface area contributed by atoms with E-state index in [4.69, 9.17) is 5.73 Å². The summed E-state index contributed by atoms with van der Waals surface area (Å²) in [5.41, 5.74) is 6.97. The quantitative estimate of drug-likeness (QED) is 0.813. The third-order valence-corrected chi connectivity index (χ3v) is 3.06. The molecule has 1 unspecified atom stereocenters. The number of nitrogens with two attached hydrogens (primary N) is 1. The van der Waals surface area contributed by atoms with Crippen LogP contribution in [0.15, 0.2) is 30.3 Å². The molecule has 0 aliphatic rings. The number of amides is 1. The molecule has 3 heteroatoms. The van der Waals surface area contributed by atoms with Crippen LogP contribution < -0.4 is 11.1 Å². The number of hydrogen-bond acceptors (Lipinski definition) is 2. The molecule has 0 fully saturated rings. The van der Waals surface area contributed by atoms with Gasteiger partial charge in [-0.25, -0.2) is 0 Å². The van der Waals surface area contributed by atoms with E-state index in [0.717, 1.165) is 18.4 Å². The predicted molar refractivity (Wildman–Crippen MR) is 75.0 cm³/mol. The third kappa shape index (κ3) is 4.15. The molecule has 0 aliphatic heterocycles. The molecule has 3 N–H and O–H groups in total. The van der Waals surface area contributed by atoms with Crippen LogP contribution in [0.4, 0.5) is 0 Å². The molecule has 0 spiro atoms. The highest BCUT2D eigenvalue weighted by molar-refractivity contribution is 5.81. The van der Waals surface area contributed by atoms with Crippen molar-refractivity contribution in [2.45, 2.75) is 45.7 Å². The van der Waals surface area contributed by atoms with Crippen molar-refractivity contribution in [2.75, 3.05) is 0 Å². The molecular formula is C15H24N2O. The van der Waals surface area contributed by atoms with E-state index >= 15 is 0 Å². The highest BCUT2D eigenvalue weighted by Crippen LogP contribution is 2.21. The van der Waals surface area contributed by atoms with Crippen molar-refractivity contribution in [3.05, 3.63) is 35.9 Å². The van der Waals surface area contributed by atoms with Gasteiger partial charge >= 0.3 is 0 Å². The van der Waals surface area contributed by atoms with Gasteiger partial charge in [0.05, 0.1) is 12.1 Å². The number of benzene rings is 1. The van der Waals surface area contributed by atoms with E-state index in [-0.39, 0.29) is 11.9 Å². The van der Waals surface area contributed by atoms with E-state index in [2.05, 4.69) is 19.2 Å². The van der Waals surface area contributed by atoms with Gasteiger partial charge < -0.3 is 11.1 Å². The van der Waals surface area contributed by atoms with Crippen LogP contribution in [0.2, 0.25) is 0 Å². The van der Waals surface area contributed by atoms with Gasteiger partial charge in [-0.2, -0.15) is 0 Å². The summed E-state index contributed by atoms with van der Waals surface area (Å²) in [5.74, 6) is 0.282. The highest BCUT2D eigenvalue weighted by Gasteiger charge is 2.21. The van der Waals surface area contributed by atoms with E-state index in [1.165, 1.54) is 0 Å². The van der Waals surface area contributed by atoms with Gasteiger partial charge in [-0.15, -0.1) is 0 Å². The lowest BCUT2D eigenvalue weighted by Crippen LogP contribution is -2.43. The maximum Gasteiger partial charge on any atom is 0.237 e. The second kappa shape index (κ2) is 7.17. The first-order valence-corrected chi connectivity index (χ1v) is 6.67. The van der Waals surface area contributed by atoms with Crippen LogP contribution in [0, 0.1) is 5.92 Å². The Labute approximate surface area is 110 Å². The maximum atomic E-state index is 12.0. The average molecular weight is 248 g/mol. The van der Waals surface area contributed by atoms with Gasteiger partial charge in [0.1, 0.15) is 0 Å². The minimum atomic E-state index is -0.403. The van der Waals surface area contributed by atoms with Gasteiger partial charge in [0.25, 0.3) is 0 Å². The van der Waals surface area contributed by atoms with E-state index in [1.807, 2.05) is 37.3 Å². The fraction of sp³-hybridized carbons (Fsp3) is 0.533. The molecule has 0 radical (unpaired) electrons. The second-order valence-corrected chi connectivity index (χ2v) is 5.04. The summed E-state index contributed by atoms with van der Waals surface area (Å²) in [5, 5.41) is 3.05. The lowest BCUT2D eigenvalue weighted by Gasteiger charge is -2.24. The molecule has 1 amide bonds. The monoisotopic (exact) mass is 248 g/mol. The van der Waals surface area contributed by atoms with Crippen LogP contribution in [0.25, 0.3) is 0 Å². The van der Waals surface area contributed by atoms with Crippen molar-refractivity contribution in [1.82, 2.24) is 5.32 Å². The molecule has 1 aromatic rings. The molecule has 1 aromatic carbocycles. The summed E-state index contributed by atoms with van der Waals surface area (Å²) in [7, 11) is 0. The van der Waals surface area contributed by atoms with Gasteiger partial charge in [-0.05, 0) is 17.9 Å². The Hall–Kier alpha value is -1.35. The fourth-order valence-electron chi connectivity index (χ4n) is 2.00.